The van der Waals surface area contributed by atoms with Crippen LogP contribution in [0.1, 0.15) is 48.9 Å². The molecule has 0 saturated carbocycles. The lowest BCUT2D eigenvalue weighted by atomic mass is 9.96. The van der Waals surface area contributed by atoms with Crippen LogP contribution in [0.5, 0.6) is 0 Å². The normalized spacial score (nSPS) is 16.1. The van der Waals surface area contributed by atoms with Crippen molar-refractivity contribution in [2.45, 2.75) is 39.2 Å². The number of unbranched alkanes of at least 4 members (excludes halogenated alkanes) is 1. The van der Waals surface area contributed by atoms with E-state index in [0.717, 1.165) is 32.2 Å². The summed E-state index contributed by atoms with van der Waals surface area (Å²) < 4.78 is 18.5. The van der Waals surface area contributed by atoms with Crippen LogP contribution in [-0.4, -0.2) is 46.5 Å². The Balaban J connectivity index is 1.35. The Hall–Kier alpha value is -3.59. The standard InChI is InChI=1S/C26H30FN5O3/c1-2-3-14-28-26(34)21-8-4-5-9-22(21)29-25(33)19-7-6-15-32(16-19)17-23-30-24(31-35-23)18-10-12-20(27)13-11-18/h4-5,8-13,19H,2-3,6-7,14-17H2,1H3,(H,28,34)(H,29,33). The molecule has 9 heteroatoms. The van der Waals surface area contributed by atoms with Crippen LogP contribution in [0.3, 0.4) is 0 Å². The van der Waals surface area contributed by atoms with Gasteiger partial charge < -0.3 is 15.2 Å². The molecular weight excluding hydrogens is 449 g/mol. The zero-order chi connectivity index (χ0) is 24.6. The zero-order valence-corrected chi connectivity index (χ0v) is 19.8. The van der Waals surface area contributed by atoms with E-state index in [0.29, 0.717) is 48.2 Å². The summed E-state index contributed by atoms with van der Waals surface area (Å²) in [5.74, 6) is 0.00270. The number of carbonyl (C=O) groups excluding carboxylic acids is 2. The number of para-hydroxylation sites is 1. The number of benzene rings is 2. The summed E-state index contributed by atoms with van der Waals surface area (Å²) in [6.45, 7) is 4.46. The van der Waals surface area contributed by atoms with E-state index in [9.17, 15) is 14.0 Å². The molecule has 1 fully saturated rings. The molecule has 2 N–H and O–H groups in total. The Morgan fingerprint density at radius 2 is 1.97 bits per heavy atom. The Morgan fingerprint density at radius 3 is 2.77 bits per heavy atom. The number of amides is 2. The van der Waals surface area contributed by atoms with E-state index in [1.807, 2.05) is 0 Å². The molecule has 0 aliphatic carbocycles. The van der Waals surface area contributed by atoms with Gasteiger partial charge in [0, 0.05) is 18.7 Å². The van der Waals surface area contributed by atoms with Gasteiger partial charge in [-0.05, 0) is 62.2 Å². The van der Waals surface area contributed by atoms with E-state index >= 15 is 0 Å². The molecular formula is C26H30FN5O3. The van der Waals surface area contributed by atoms with Crippen molar-refractivity contribution in [2.75, 3.05) is 25.0 Å². The first kappa shape index (κ1) is 24.5. The van der Waals surface area contributed by atoms with Crippen LogP contribution in [-0.2, 0) is 11.3 Å². The fraction of sp³-hybridized carbons (Fsp3) is 0.385. The molecule has 0 spiro atoms. The van der Waals surface area contributed by atoms with Crippen molar-refractivity contribution in [3.05, 3.63) is 65.8 Å². The van der Waals surface area contributed by atoms with Crippen LogP contribution in [0, 0.1) is 11.7 Å². The average Bonchev–Trinajstić information content (AvgIpc) is 3.33. The molecule has 1 saturated heterocycles. The number of nitrogens with one attached hydrogen (secondary N) is 2. The molecule has 1 aromatic heterocycles. The highest BCUT2D eigenvalue weighted by Gasteiger charge is 2.28. The second kappa shape index (κ2) is 11.7. The van der Waals surface area contributed by atoms with Crippen molar-refractivity contribution in [3.63, 3.8) is 0 Å². The van der Waals surface area contributed by atoms with Crippen LogP contribution in [0.25, 0.3) is 11.4 Å². The van der Waals surface area contributed by atoms with Gasteiger partial charge in [-0.1, -0.05) is 30.6 Å². The van der Waals surface area contributed by atoms with Crippen LogP contribution >= 0.6 is 0 Å². The lowest BCUT2D eigenvalue weighted by Gasteiger charge is -2.31. The average molecular weight is 480 g/mol. The number of piperidine rings is 1. The number of halogens is 1. The SMILES string of the molecule is CCCCNC(=O)c1ccccc1NC(=O)C1CCCN(Cc2nc(-c3ccc(F)cc3)no2)C1. The first-order chi connectivity index (χ1) is 17.0. The van der Waals surface area contributed by atoms with Gasteiger partial charge in [0.1, 0.15) is 5.82 Å². The molecule has 8 nitrogen and oxygen atoms in total. The summed E-state index contributed by atoms with van der Waals surface area (Å²) in [6, 6.07) is 13.0. The molecule has 1 unspecified atom stereocenters. The third-order valence-corrected chi connectivity index (χ3v) is 6.05. The predicted octanol–water partition coefficient (Wildman–Crippen LogP) is 4.26. The topological polar surface area (TPSA) is 100 Å². The molecule has 184 valence electrons. The number of aromatic nitrogens is 2. The van der Waals surface area contributed by atoms with Crippen LogP contribution in [0.4, 0.5) is 10.1 Å². The second-order valence-corrected chi connectivity index (χ2v) is 8.74. The first-order valence-corrected chi connectivity index (χ1v) is 12.0. The molecule has 4 rings (SSSR count). The lowest BCUT2D eigenvalue weighted by Crippen LogP contribution is -2.40. The van der Waals surface area contributed by atoms with Crippen molar-refractivity contribution >= 4 is 17.5 Å². The van der Waals surface area contributed by atoms with Gasteiger partial charge in [0.25, 0.3) is 5.91 Å². The summed E-state index contributed by atoms with van der Waals surface area (Å²) >= 11 is 0. The number of nitrogens with zero attached hydrogens (tertiary/aromatic N) is 3. The van der Waals surface area contributed by atoms with Crippen molar-refractivity contribution in [3.8, 4) is 11.4 Å². The van der Waals surface area contributed by atoms with Gasteiger partial charge in [-0.3, -0.25) is 14.5 Å². The van der Waals surface area contributed by atoms with Crippen LogP contribution in [0.2, 0.25) is 0 Å². The van der Waals surface area contributed by atoms with Gasteiger partial charge in [0.2, 0.25) is 17.6 Å². The Labute approximate surface area is 203 Å². The van der Waals surface area contributed by atoms with Gasteiger partial charge >= 0.3 is 0 Å². The summed E-state index contributed by atoms with van der Waals surface area (Å²) in [6.07, 6.45) is 3.52. The van der Waals surface area contributed by atoms with E-state index in [1.165, 1.54) is 12.1 Å². The Bertz CT molecular complexity index is 1150. The number of carbonyl (C=O) groups is 2. The molecule has 35 heavy (non-hydrogen) atoms. The third-order valence-electron chi connectivity index (χ3n) is 6.05. The maximum atomic E-state index is 13.2. The first-order valence-electron chi connectivity index (χ1n) is 12.0. The summed E-state index contributed by atoms with van der Waals surface area (Å²) in [7, 11) is 0. The van der Waals surface area contributed by atoms with E-state index in [-0.39, 0.29) is 23.5 Å². The molecule has 2 amide bonds. The highest BCUT2D eigenvalue weighted by molar-refractivity contribution is 6.04. The largest absolute Gasteiger partial charge is 0.352 e. The smallest absolute Gasteiger partial charge is 0.253 e. The minimum Gasteiger partial charge on any atom is -0.352 e. The molecule has 2 heterocycles. The minimum atomic E-state index is -0.324. The molecule has 3 aromatic rings. The Morgan fingerprint density at radius 1 is 1.17 bits per heavy atom. The van der Waals surface area contributed by atoms with Gasteiger partial charge in [-0.25, -0.2) is 4.39 Å². The second-order valence-electron chi connectivity index (χ2n) is 8.74. The Kier molecular flexibility index (Phi) is 8.20. The fourth-order valence-corrected chi connectivity index (χ4v) is 4.14. The number of rotatable bonds is 9. The molecule has 0 radical (unpaired) electrons. The van der Waals surface area contributed by atoms with E-state index in [4.69, 9.17) is 4.52 Å². The highest BCUT2D eigenvalue weighted by Crippen LogP contribution is 2.23. The van der Waals surface area contributed by atoms with Gasteiger partial charge in [-0.15, -0.1) is 0 Å². The predicted molar refractivity (Wildman–Crippen MR) is 130 cm³/mol. The highest BCUT2D eigenvalue weighted by atomic mass is 19.1. The quantitative estimate of drug-likeness (QED) is 0.445. The number of hydrogen-bond acceptors (Lipinski definition) is 6. The molecule has 1 aliphatic heterocycles. The summed E-state index contributed by atoms with van der Waals surface area (Å²) in [5, 5.41) is 9.85. The van der Waals surface area contributed by atoms with Gasteiger partial charge in [0.15, 0.2) is 0 Å². The maximum Gasteiger partial charge on any atom is 0.253 e. The van der Waals surface area contributed by atoms with Crippen LogP contribution in [0.15, 0.2) is 53.1 Å². The monoisotopic (exact) mass is 479 g/mol. The van der Waals surface area contributed by atoms with Gasteiger partial charge in [-0.2, -0.15) is 4.98 Å². The van der Waals surface area contributed by atoms with Gasteiger partial charge in [0.05, 0.1) is 23.7 Å². The van der Waals surface area contributed by atoms with Crippen molar-refractivity contribution in [2.24, 2.45) is 5.92 Å². The number of likely N-dealkylation sites (tertiary alicyclic amines) is 1. The van der Waals surface area contributed by atoms with Crippen molar-refractivity contribution < 1.29 is 18.5 Å². The lowest BCUT2D eigenvalue weighted by molar-refractivity contribution is -0.121. The van der Waals surface area contributed by atoms with E-state index in [1.54, 1.807) is 36.4 Å². The zero-order valence-electron chi connectivity index (χ0n) is 19.8. The third kappa shape index (κ3) is 6.51. The van der Waals surface area contributed by atoms with Crippen molar-refractivity contribution in [1.29, 1.82) is 0 Å². The maximum absolute atomic E-state index is 13.2. The van der Waals surface area contributed by atoms with E-state index < -0.39 is 0 Å². The van der Waals surface area contributed by atoms with E-state index in [2.05, 4.69) is 32.6 Å². The molecule has 2 aromatic carbocycles. The molecule has 1 atom stereocenters. The fourth-order valence-electron chi connectivity index (χ4n) is 4.14. The molecule has 0 bridgehead atoms. The number of anilines is 1. The summed E-state index contributed by atoms with van der Waals surface area (Å²) in [5.41, 5.74) is 1.66. The summed E-state index contributed by atoms with van der Waals surface area (Å²) in [4.78, 5) is 32.2. The minimum absolute atomic E-state index is 0.110. The number of hydrogen-bond donors (Lipinski definition) is 2. The molecule has 1 aliphatic rings. The van der Waals surface area contributed by atoms with Crippen molar-refractivity contribution in [1.82, 2.24) is 20.4 Å². The van der Waals surface area contributed by atoms with Crippen LogP contribution < -0.4 is 10.6 Å².